The predicted molar refractivity (Wildman–Crippen MR) is 106 cm³/mol. The summed E-state index contributed by atoms with van der Waals surface area (Å²) in [6, 6.07) is 0.185. The standard InChI is InChI=1S/C19H26N8O/c1-2-14-10-23-27-17(14)25-18(24-16-6-4-3-5-15(16)11-28)26-19(27)22-9-13-7-20-12-21-8-13/h7-8,10,12,15-16,28H,2-6,9,11H2,1H3,(H2,22,24,25,26). The Balaban J connectivity index is 1.62. The molecule has 0 spiro atoms. The zero-order chi connectivity index (χ0) is 19.3. The van der Waals surface area contributed by atoms with Crippen molar-refractivity contribution in [2.24, 2.45) is 5.92 Å². The van der Waals surface area contributed by atoms with Gasteiger partial charge in [-0.3, -0.25) is 0 Å². The molecule has 0 aliphatic heterocycles. The van der Waals surface area contributed by atoms with Gasteiger partial charge in [-0.25, -0.2) is 9.97 Å². The van der Waals surface area contributed by atoms with E-state index >= 15 is 0 Å². The SMILES string of the molecule is CCc1cnn2c(NCc3cncnc3)nc(NC3CCCCC3CO)nc12. The van der Waals surface area contributed by atoms with Crippen molar-refractivity contribution in [3.8, 4) is 0 Å². The molecule has 2 unspecified atom stereocenters. The van der Waals surface area contributed by atoms with Crippen LogP contribution in [0.25, 0.3) is 5.65 Å². The van der Waals surface area contributed by atoms with Gasteiger partial charge < -0.3 is 15.7 Å². The number of hydrogen-bond donors (Lipinski definition) is 3. The maximum Gasteiger partial charge on any atom is 0.229 e. The highest BCUT2D eigenvalue weighted by Crippen LogP contribution is 2.27. The molecule has 0 radical (unpaired) electrons. The average molecular weight is 382 g/mol. The minimum atomic E-state index is 0.185. The van der Waals surface area contributed by atoms with Crippen molar-refractivity contribution in [2.75, 3.05) is 17.2 Å². The van der Waals surface area contributed by atoms with Gasteiger partial charge in [0.25, 0.3) is 0 Å². The largest absolute Gasteiger partial charge is 0.396 e. The summed E-state index contributed by atoms with van der Waals surface area (Å²) in [5.41, 5.74) is 2.82. The van der Waals surface area contributed by atoms with Crippen LogP contribution < -0.4 is 10.6 Å². The third-order valence-electron chi connectivity index (χ3n) is 5.34. The molecule has 0 bridgehead atoms. The van der Waals surface area contributed by atoms with Gasteiger partial charge in [0.15, 0.2) is 5.65 Å². The molecular formula is C19H26N8O. The molecule has 4 rings (SSSR count). The van der Waals surface area contributed by atoms with E-state index in [0.29, 0.717) is 18.4 Å². The van der Waals surface area contributed by atoms with Gasteiger partial charge in [-0.05, 0) is 19.3 Å². The molecule has 28 heavy (non-hydrogen) atoms. The van der Waals surface area contributed by atoms with E-state index in [9.17, 15) is 5.11 Å². The maximum atomic E-state index is 9.71. The second-order valence-corrected chi connectivity index (χ2v) is 7.21. The van der Waals surface area contributed by atoms with Crippen LogP contribution in [0.4, 0.5) is 11.9 Å². The van der Waals surface area contributed by atoms with Crippen LogP contribution in [0.3, 0.4) is 0 Å². The topological polar surface area (TPSA) is 113 Å². The average Bonchev–Trinajstić information content (AvgIpc) is 3.16. The van der Waals surface area contributed by atoms with E-state index < -0.39 is 0 Å². The summed E-state index contributed by atoms with van der Waals surface area (Å²) in [5, 5.41) is 20.9. The molecule has 2 atom stereocenters. The minimum Gasteiger partial charge on any atom is -0.396 e. The van der Waals surface area contributed by atoms with Crippen molar-refractivity contribution in [3.05, 3.63) is 36.0 Å². The number of fused-ring (bicyclic) bond motifs is 1. The second-order valence-electron chi connectivity index (χ2n) is 7.21. The Labute approximate surface area is 163 Å². The van der Waals surface area contributed by atoms with Gasteiger partial charge in [-0.1, -0.05) is 19.8 Å². The Morgan fingerprint density at radius 1 is 1.14 bits per heavy atom. The Kier molecular flexibility index (Phi) is 5.61. The third kappa shape index (κ3) is 3.89. The van der Waals surface area contributed by atoms with Crippen LogP contribution in [0.5, 0.6) is 0 Å². The molecule has 0 amide bonds. The van der Waals surface area contributed by atoms with Crippen molar-refractivity contribution in [2.45, 2.75) is 51.6 Å². The second kappa shape index (κ2) is 8.47. The monoisotopic (exact) mass is 382 g/mol. The van der Waals surface area contributed by atoms with Crippen LogP contribution >= 0.6 is 0 Å². The zero-order valence-corrected chi connectivity index (χ0v) is 16.0. The Hall–Kier alpha value is -2.81. The van der Waals surface area contributed by atoms with E-state index in [1.54, 1.807) is 16.9 Å². The summed E-state index contributed by atoms with van der Waals surface area (Å²) in [4.78, 5) is 17.5. The van der Waals surface area contributed by atoms with Gasteiger partial charge in [0, 0.05) is 48.6 Å². The Morgan fingerprint density at radius 3 is 2.75 bits per heavy atom. The lowest BCUT2D eigenvalue weighted by atomic mass is 9.85. The lowest BCUT2D eigenvalue weighted by Gasteiger charge is -2.30. The first-order valence-corrected chi connectivity index (χ1v) is 9.88. The minimum absolute atomic E-state index is 0.185. The van der Waals surface area contributed by atoms with E-state index in [0.717, 1.165) is 48.9 Å². The first-order valence-electron chi connectivity index (χ1n) is 9.88. The van der Waals surface area contributed by atoms with Crippen molar-refractivity contribution in [1.29, 1.82) is 0 Å². The van der Waals surface area contributed by atoms with Crippen molar-refractivity contribution in [1.82, 2.24) is 29.5 Å². The number of aryl methyl sites for hydroxylation is 1. The number of nitrogens with one attached hydrogen (secondary N) is 2. The predicted octanol–water partition coefficient (Wildman–Crippen LogP) is 2.05. The van der Waals surface area contributed by atoms with Crippen LogP contribution in [-0.2, 0) is 13.0 Å². The number of hydrogen-bond acceptors (Lipinski definition) is 8. The van der Waals surface area contributed by atoms with Gasteiger partial charge in [-0.2, -0.15) is 19.6 Å². The first kappa shape index (κ1) is 18.5. The number of aliphatic hydroxyl groups excluding tert-OH is 1. The van der Waals surface area contributed by atoms with Crippen molar-refractivity contribution >= 4 is 17.5 Å². The van der Waals surface area contributed by atoms with Crippen LogP contribution in [0, 0.1) is 5.92 Å². The molecule has 1 aliphatic carbocycles. The van der Waals surface area contributed by atoms with Gasteiger partial charge in [-0.15, -0.1) is 0 Å². The molecule has 148 valence electrons. The number of aliphatic hydroxyl groups is 1. The van der Waals surface area contributed by atoms with Crippen molar-refractivity contribution < 1.29 is 5.11 Å². The molecule has 3 N–H and O–H groups in total. The van der Waals surface area contributed by atoms with Crippen molar-refractivity contribution in [3.63, 3.8) is 0 Å². The molecule has 3 aromatic heterocycles. The first-order chi connectivity index (χ1) is 13.8. The van der Waals surface area contributed by atoms with E-state index in [2.05, 4.69) is 37.6 Å². The number of aromatic nitrogens is 6. The molecule has 0 saturated heterocycles. The summed E-state index contributed by atoms with van der Waals surface area (Å²) in [7, 11) is 0. The quantitative estimate of drug-likeness (QED) is 0.569. The molecule has 1 fully saturated rings. The van der Waals surface area contributed by atoms with Crippen LogP contribution in [-0.4, -0.2) is 47.3 Å². The fraction of sp³-hybridized carbons (Fsp3) is 0.526. The van der Waals surface area contributed by atoms with Crippen LogP contribution in [0.15, 0.2) is 24.9 Å². The third-order valence-corrected chi connectivity index (χ3v) is 5.34. The maximum absolute atomic E-state index is 9.71. The molecule has 3 aromatic rings. The van der Waals surface area contributed by atoms with Gasteiger partial charge >= 0.3 is 0 Å². The summed E-state index contributed by atoms with van der Waals surface area (Å²) in [6.07, 6.45) is 12.1. The lowest BCUT2D eigenvalue weighted by Crippen LogP contribution is -2.35. The molecule has 1 aliphatic rings. The van der Waals surface area contributed by atoms with Crippen LogP contribution in [0.1, 0.15) is 43.7 Å². The lowest BCUT2D eigenvalue weighted by molar-refractivity contribution is 0.178. The molecule has 9 nitrogen and oxygen atoms in total. The Bertz CT molecular complexity index is 913. The molecule has 0 aromatic carbocycles. The highest BCUT2D eigenvalue weighted by molar-refractivity contribution is 5.54. The van der Waals surface area contributed by atoms with E-state index in [1.807, 2.05) is 6.20 Å². The highest BCUT2D eigenvalue weighted by Gasteiger charge is 2.25. The van der Waals surface area contributed by atoms with E-state index in [4.69, 9.17) is 4.98 Å². The van der Waals surface area contributed by atoms with Gasteiger partial charge in [0.2, 0.25) is 11.9 Å². The molecule has 9 heteroatoms. The number of nitrogens with zero attached hydrogens (tertiary/aromatic N) is 6. The van der Waals surface area contributed by atoms with Gasteiger partial charge in [0.1, 0.15) is 6.33 Å². The normalized spacial score (nSPS) is 19.6. The fourth-order valence-electron chi connectivity index (χ4n) is 3.74. The summed E-state index contributed by atoms with van der Waals surface area (Å²) < 4.78 is 1.73. The highest BCUT2D eigenvalue weighted by atomic mass is 16.3. The van der Waals surface area contributed by atoms with E-state index in [1.165, 1.54) is 6.33 Å². The summed E-state index contributed by atoms with van der Waals surface area (Å²) in [6.45, 7) is 2.81. The molecule has 3 heterocycles. The van der Waals surface area contributed by atoms with Gasteiger partial charge in [0.05, 0.1) is 6.20 Å². The Morgan fingerprint density at radius 2 is 1.96 bits per heavy atom. The summed E-state index contributed by atoms with van der Waals surface area (Å²) >= 11 is 0. The summed E-state index contributed by atoms with van der Waals surface area (Å²) in [5.74, 6) is 1.43. The number of anilines is 2. The fourth-order valence-corrected chi connectivity index (χ4v) is 3.74. The molecule has 1 saturated carbocycles. The van der Waals surface area contributed by atoms with E-state index in [-0.39, 0.29) is 18.6 Å². The number of rotatable bonds is 7. The smallest absolute Gasteiger partial charge is 0.229 e. The molecular weight excluding hydrogens is 356 g/mol. The van der Waals surface area contributed by atoms with Crippen LogP contribution in [0.2, 0.25) is 0 Å². The zero-order valence-electron chi connectivity index (χ0n) is 16.0.